The molecule has 2 rings (SSSR count). The summed E-state index contributed by atoms with van der Waals surface area (Å²) in [6.07, 6.45) is 3.68. The number of rotatable bonds is 3. The molecular formula is C15H20N2O2. The zero-order valence-corrected chi connectivity index (χ0v) is 11.8. The van der Waals surface area contributed by atoms with E-state index in [0.29, 0.717) is 0 Å². The van der Waals surface area contributed by atoms with E-state index < -0.39 is 0 Å². The number of allylic oxidation sites excluding steroid dienone is 2. The number of nitrogens with zero attached hydrogens (tertiary/aromatic N) is 1. The van der Waals surface area contributed by atoms with Crippen LogP contribution in [0.1, 0.15) is 27.7 Å². The monoisotopic (exact) mass is 260 g/mol. The lowest BCUT2D eigenvalue weighted by Crippen LogP contribution is -2.17. The van der Waals surface area contributed by atoms with Gasteiger partial charge in [-0.3, -0.25) is 4.79 Å². The molecule has 19 heavy (non-hydrogen) atoms. The minimum Gasteiger partial charge on any atom is -0.504 e. The number of aromatic hydroxyl groups is 1. The van der Waals surface area contributed by atoms with Crippen molar-refractivity contribution in [2.45, 2.75) is 27.7 Å². The normalized spacial score (nSPS) is 23.6. The van der Waals surface area contributed by atoms with Crippen LogP contribution in [0.25, 0.3) is 0 Å². The fraction of sp³-hybridized carbons (Fsp3) is 0.467. The quantitative estimate of drug-likeness (QED) is 0.821. The van der Waals surface area contributed by atoms with Crippen LogP contribution in [0.5, 0.6) is 5.75 Å². The lowest BCUT2D eigenvalue weighted by molar-refractivity contribution is -0.118. The maximum Gasteiger partial charge on any atom is 0.229 e. The van der Waals surface area contributed by atoms with Crippen molar-refractivity contribution in [2.24, 2.45) is 17.3 Å². The average molecular weight is 260 g/mol. The number of amides is 1. The van der Waals surface area contributed by atoms with Gasteiger partial charge in [-0.1, -0.05) is 25.5 Å². The summed E-state index contributed by atoms with van der Waals surface area (Å²) < 4.78 is 0. The van der Waals surface area contributed by atoms with Gasteiger partial charge in [-0.15, -0.1) is 0 Å². The van der Waals surface area contributed by atoms with Crippen LogP contribution < -0.4 is 5.32 Å². The predicted molar refractivity (Wildman–Crippen MR) is 74.7 cm³/mol. The molecule has 1 heterocycles. The van der Waals surface area contributed by atoms with Gasteiger partial charge in [-0.05, 0) is 37.3 Å². The number of carbonyl (C=O) groups excluding carboxylic acids is 1. The maximum absolute atomic E-state index is 12.2. The second-order valence-corrected chi connectivity index (χ2v) is 5.93. The Kier molecular flexibility index (Phi) is 3.35. The third-order valence-electron chi connectivity index (χ3n) is 3.73. The third kappa shape index (κ3) is 2.62. The summed E-state index contributed by atoms with van der Waals surface area (Å²) in [6, 6.07) is 3.13. The van der Waals surface area contributed by atoms with Crippen molar-refractivity contribution in [1.29, 1.82) is 0 Å². The first kappa shape index (κ1) is 13.6. The maximum atomic E-state index is 12.2. The van der Waals surface area contributed by atoms with Crippen LogP contribution in [0.4, 0.5) is 5.82 Å². The van der Waals surface area contributed by atoms with Crippen LogP contribution in [0.15, 0.2) is 30.0 Å². The van der Waals surface area contributed by atoms with E-state index >= 15 is 0 Å². The first-order chi connectivity index (χ1) is 8.84. The van der Waals surface area contributed by atoms with Crippen molar-refractivity contribution in [3.8, 4) is 5.75 Å². The Morgan fingerprint density at radius 1 is 1.47 bits per heavy atom. The molecule has 102 valence electrons. The lowest BCUT2D eigenvalue weighted by Gasteiger charge is -2.06. The van der Waals surface area contributed by atoms with Crippen molar-refractivity contribution < 1.29 is 9.90 Å². The van der Waals surface area contributed by atoms with Gasteiger partial charge in [0.15, 0.2) is 11.6 Å². The van der Waals surface area contributed by atoms with Gasteiger partial charge in [0.25, 0.3) is 0 Å². The molecular weight excluding hydrogens is 240 g/mol. The first-order valence-corrected chi connectivity index (χ1v) is 6.44. The molecule has 1 aromatic heterocycles. The predicted octanol–water partition coefficient (Wildman–Crippen LogP) is 2.96. The summed E-state index contributed by atoms with van der Waals surface area (Å²) in [7, 11) is 0. The summed E-state index contributed by atoms with van der Waals surface area (Å²) in [5.74, 6) is 0.327. The van der Waals surface area contributed by atoms with E-state index in [1.165, 1.54) is 11.6 Å². The molecule has 1 amide bonds. The van der Waals surface area contributed by atoms with Gasteiger partial charge in [-0.2, -0.15) is 0 Å². The molecule has 0 radical (unpaired) electrons. The number of hydrogen-bond acceptors (Lipinski definition) is 3. The van der Waals surface area contributed by atoms with E-state index in [1.54, 1.807) is 12.3 Å². The molecule has 4 nitrogen and oxygen atoms in total. The highest BCUT2D eigenvalue weighted by Gasteiger charge is 2.60. The molecule has 1 aliphatic rings. The van der Waals surface area contributed by atoms with Crippen LogP contribution in [0, 0.1) is 17.3 Å². The number of carbonyl (C=O) groups is 1. The summed E-state index contributed by atoms with van der Waals surface area (Å²) >= 11 is 0. The summed E-state index contributed by atoms with van der Waals surface area (Å²) in [5, 5.41) is 12.3. The minimum absolute atomic E-state index is 0.00642. The van der Waals surface area contributed by atoms with Crippen LogP contribution in [-0.2, 0) is 4.79 Å². The molecule has 0 bridgehead atoms. The summed E-state index contributed by atoms with van der Waals surface area (Å²) in [4.78, 5) is 16.2. The standard InChI is InChI=1S/C15H20N2O2/c1-9(2)8-10-12(15(10,3)4)14(19)17-13-11(18)6-5-7-16-13/h5-8,10,12,18H,1-4H3,(H,16,17,19)/t10-,12-/m0/s1. The van der Waals surface area contributed by atoms with Crippen LogP contribution >= 0.6 is 0 Å². The summed E-state index contributed by atoms with van der Waals surface area (Å²) in [6.45, 7) is 8.24. The summed E-state index contributed by atoms with van der Waals surface area (Å²) in [5.41, 5.74) is 1.18. The van der Waals surface area contributed by atoms with Crippen LogP contribution in [0.3, 0.4) is 0 Å². The Hall–Kier alpha value is -1.84. The molecule has 0 spiro atoms. The zero-order chi connectivity index (χ0) is 14.2. The fourth-order valence-corrected chi connectivity index (χ4v) is 2.54. The zero-order valence-electron chi connectivity index (χ0n) is 11.8. The van der Waals surface area contributed by atoms with E-state index in [1.807, 2.05) is 13.8 Å². The van der Waals surface area contributed by atoms with Gasteiger partial charge in [0, 0.05) is 6.20 Å². The Labute approximate surface area is 113 Å². The first-order valence-electron chi connectivity index (χ1n) is 6.44. The molecule has 0 unspecified atom stereocenters. The smallest absolute Gasteiger partial charge is 0.229 e. The highest BCUT2D eigenvalue weighted by Crippen LogP contribution is 2.59. The highest BCUT2D eigenvalue weighted by atomic mass is 16.3. The molecule has 2 N–H and O–H groups in total. The van der Waals surface area contributed by atoms with Gasteiger partial charge in [0.2, 0.25) is 5.91 Å². The van der Waals surface area contributed by atoms with E-state index in [0.717, 1.165) is 0 Å². The van der Waals surface area contributed by atoms with Crippen molar-refractivity contribution >= 4 is 11.7 Å². The Morgan fingerprint density at radius 3 is 2.74 bits per heavy atom. The number of aromatic nitrogens is 1. The van der Waals surface area contributed by atoms with E-state index in [4.69, 9.17) is 0 Å². The SMILES string of the molecule is CC(C)=C[C@H]1[C@@H](C(=O)Nc2ncccc2O)C1(C)C. The molecule has 1 saturated carbocycles. The second kappa shape index (κ2) is 4.68. The van der Waals surface area contributed by atoms with Crippen LogP contribution in [-0.4, -0.2) is 16.0 Å². The molecule has 0 saturated heterocycles. The van der Waals surface area contributed by atoms with E-state index in [2.05, 4.69) is 30.2 Å². The minimum atomic E-state index is -0.0819. The molecule has 1 aliphatic carbocycles. The van der Waals surface area contributed by atoms with Gasteiger partial charge in [0.05, 0.1) is 5.92 Å². The molecule has 0 aliphatic heterocycles. The topological polar surface area (TPSA) is 62.2 Å². The van der Waals surface area contributed by atoms with Crippen molar-refractivity contribution in [1.82, 2.24) is 4.98 Å². The Balaban J connectivity index is 2.10. The van der Waals surface area contributed by atoms with Gasteiger partial charge >= 0.3 is 0 Å². The van der Waals surface area contributed by atoms with E-state index in [9.17, 15) is 9.90 Å². The number of hydrogen-bond donors (Lipinski definition) is 2. The number of nitrogens with one attached hydrogen (secondary N) is 1. The molecule has 2 atom stereocenters. The fourth-order valence-electron chi connectivity index (χ4n) is 2.54. The lowest BCUT2D eigenvalue weighted by atomic mass is 10.1. The van der Waals surface area contributed by atoms with Gasteiger partial charge < -0.3 is 10.4 Å². The molecule has 1 fully saturated rings. The van der Waals surface area contributed by atoms with Gasteiger partial charge in [0.1, 0.15) is 0 Å². The third-order valence-corrected chi connectivity index (χ3v) is 3.73. The molecule has 4 heteroatoms. The van der Waals surface area contributed by atoms with Crippen molar-refractivity contribution in [2.75, 3.05) is 5.32 Å². The largest absolute Gasteiger partial charge is 0.504 e. The van der Waals surface area contributed by atoms with E-state index in [-0.39, 0.29) is 34.7 Å². The Bertz CT molecular complexity index is 531. The highest BCUT2D eigenvalue weighted by molar-refractivity contribution is 5.96. The van der Waals surface area contributed by atoms with Gasteiger partial charge in [-0.25, -0.2) is 4.98 Å². The second-order valence-electron chi connectivity index (χ2n) is 5.93. The Morgan fingerprint density at radius 2 is 2.16 bits per heavy atom. The molecule has 0 aromatic carbocycles. The number of pyridine rings is 1. The molecule has 1 aromatic rings. The van der Waals surface area contributed by atoms with Crippen LogP contribution in [0.2, 0.25) is 0 Å². The average Bonchev–Trinajstić information content (AvgIpc) is 2.82. The number of anilines is 1. The van der Waals surface area contributed by atoms with Crippen molar-refractivity contribution in [3.63, 3.8) is 0 Å². The van der Waals surface area contributed by atoms with Crippen molar-refractivity contribution in [3.05, 3.63) is 30.0 Å².